The lowest BCUT2D eigenvalue weighted by Crippen LogP contribution is -2.29. The van der Waals surface area contributed by atoms with Crippen LogP contribution in [-0.4, -0.2) is 10.4 Å². The lowest BCUT2D eigenvalue weighted by atomic mass is 9.74. The second-order valence-electron chi connectivity index (χ2n) is 12.2. The topological polar surface area (TPSA) is 29.3 Å². The number of nitrogens with one attached hydrogen (secondary N) is 1. The summed E-state index contributed by atoms with van der Waals surface area (Å²) in [5.41, 5.74) is 12.0. The molecule has 7 aromatic rings. The Labute approximate surface area is 262 Å². The van der Waals surface area contributed by atoms with Crippen LogP contribution in [0.15, 0.2) is 163 Å². The van der Waals surface area contributed by atoms with Crippen LogP contribution in [0.5, 0.6) is 0 Å². The summed E-state index contributed by atoms with van der Waals surface area (Å²) in [4.78, 5) is 5.38. The standard InChI is InChI=1S/C42H31N3/c1-42(30-19-9-4-10-20-30)35-23-13-11-21-31(35)33-26-39-34(25-36(33)42)32-22-12-14-24-38(32)45(39)40-27-37(28-15-5-2-6-16-28)43-41(44-40)29-17-7-3-8-18-29/h2-27,40H,1H3,(H,43,44). The van der Waals surface area contributed by atoms with E-state index in [9.17, 15) is 0 Å². The minimum absolute atomic E-state index is 0.241. The zero-order chi connectivity index (χ0) is 30.0. The van der Waals surface area contributed by atoms with E-state index in [1.165, 1.54) is 49.6 Å². The summed E-state index contributed by atoms with van der Waals surface area (Å²) in [5.74, 6) is 0.871. The molecule has 1 N–H and O–H groups in total. The van der Waals surface area contributed by atoms with Gasteiger partial charge in [-0.25, -0.2) is 4.99 Å². The van der Waals surface area contributed by atoms with E-state index in [2.05, 4.69) is 168 Å². The van der Waals surface area contributed by atoms with Gasteiger partial charge < -0.3 is 9.88 Å². The second-order valence-corrected chi connectivity index (χ2v) is 12.2. The van der Waals surface area contributed by atoms with Crippen LogP contribution < -0.4 is 5.32 Å². The van der Waals surface area contributed by atoms with Crippen molar-refractivity contribution in [1.29, 1.82) is 0 Å². The molecule has 45 heavy (non-hydrogen) atoms. The Morgan fingerprint density at radius 2 is 1.22 bits per heavy atom. The van der Waals surface area contributed by atoms with E-state index in [0.717, 1.165) is 22.7 Å². The van der Waals surface area contributed by atoms with Crippen LogP contribution in [0.2, 0.25) is 0 Å². The minimum Gasteiger partial charge on any atom is -0.340 e. The summed E-state index contributed by atoms with van der Waals surface area (Å²) in [6.07, 6.45) is 2.03. The maximum absolute atomic E-state index is 5.38. The smallest absolute Gasteiger partial charge is 0.149 e. The number of para-hydroxylation sites is 1. The van der Waals surface area contributed by atoms with Crippen molar-refractivity contribution in [2.75, 3.05) is 0 Å². The van der Waals surface area contributed by atoms with E-state index in [1.54, 1.807) is 0 Å². The van der Waals surface area contributed by atoms with E-state index in [1.807, 2.05) is 6.07 Å². The van der Waals surface area contributed by atoms with Gasteiger partial charge in [0.15, 0.2) is 0 Å². The molecule has 6 aromatic carbocycles. The average molecular weight is 578 g/mol. The van der Waals surface area contributed by atoms with Gasteiger partial charge >= 0.3 is 0 Å². The molecule has 0 saturated carbocycles. The monoisotopic (exact) mass is 577 g/mol. The number of aliphatic imine (C=N–C) groups is 1. The zero-order valence-electron chi connectivity index (χ0n) is 25.0. The average Bonchev–Trinajstić information content (AvgIpc) is 3.58. The van der Waals surface area contributed by atoms with Crippen molar-refractivity contribution < 1.29 is 0 Å². The van der Waals surface area contributed by atoms with Crippen LogP contribution in [0.1, 0.15) is 40.9 Å². The Kier molecular flexibility index (Phi) is 5.69. The highest BCUT2D eigenvalue weighted by Gasteiger charge is 2.41. The van der Waals surface area contributed by atoms with Crippen LogP contribution in [-0.2, 0) is 5.41 Å². The first kappa shape index (κ1) is 25.8. The number of aromatic nitrogens is 1. The molecule has 3 nitrogen and oxygen atoms in total. The van der Waals surface area contributed by atoms with Crippen LogP contribution in [0.4, 0.5) is 0 Å². The lowest BCUT2D eigenvalue weighted by molar-refractivity contribution is 0.668. The Hall–Kier alpha value is -5.67. The summed E-state index contributed by atoms with van der Waals surface area (Å²) >= 11 is 0. The first-order chi connectivity index (χ1) is 22.2. The molecule has 0 bridgehead atoms. The summed E-state index contributed by atoms with van der Waals surface area (Å²) in [6.45, 7) is 2.39. The molecule has 0 amide bonds. The molecule has 2 heterocycles. The lowest BCUT2D eigenvalue weighted by Gasteiger charge is -2.28. The molecule has 3 heteroatoms. The Balaban J connectivity index is 1.33. The highest BCUT2D eigenvalue weighted by molar-refractivity contribution is 6.11. The molecule has 2 aliphatic rings. The van der Waals surface area contributed by atoms with Gasteiger partial charge in [-0.3, -0.25) is 0 Å². The molecule has 1 aliphatic carbocycles. The van der Waals surface area contributed by atoms with E-state index in [0.29, 0.717) is 0 Å². The number of amidine groups is 1. The third-order valence-electron chi connectivity index (χ3n) is 9.72. The van der Waals surface area contributed by atoms with Gasteiger partial charge in [-0.1, -0.05) is 133 Å². The molecule has 0 fully saturated rings. The van der Waals surface area contributed by atoms with Gasteiger partial charge in [0.05, 0.1) is 11.0 Å². The van der Waals surface area contributed by atoms with Crippen molar-refractivity contribution in [2.45, 2.75) is 18.5 Å². The van der Waals surface area contributed by atoms with Crippen LogP contribution >= 0.6 is 0 Å². The van der Waals surface area contributed by atoms with Gasteiger partial charge in [0, 0.05) is 27.4 Å². The minimum atomic E-state index is -0.252. The third kappa shape index (κ3) is 3.87. The van der Waals surface area contributed by atoms with Gasteiger partial charge in [-0.2, -0.15) is 0 Å². The zero-order valence-corrected chi connectivity index (χ0v) is 25.0. The number of fused-ring (bicyclic) bond motifs is 6. The molecular formula is C42H31N3. The van der Waals surface area contributed by atoms with Gasteiger partial charge in [0.2, 0.25) is 0 Å². The normalized spacial score (nSPS) is 18.6. The van der Waals surface area contributed by atoms with Gasteiger partial charge in [-0.15, -0.1) is 0 Å². The molecule has 2 unspecified atom stereocenters. The molecule has 214 valence electrons. The molecule has 0 spiro atoms. The van der Waals surface area contributed by atoms with Gasteiger partial charge in [-0.05, 0) is 64.6 Å². The van der Waals surface area contributed by atoms with Crippen molar-refractivity contribution >= 4 is 33.3 Å². The van der Waals surface area contributed by atoms with Crippen molar-refractivity contribution in [3.8, 4) is 11.1 Å². The highest BCUT2D eigenvalue weighted by Crippen LogP contribution is 2.54. The number of nitrogens with zero attached hydrogens (tertiary/aromatic N) is 2. The van der Waals surface area contributed by atoms with Crippen LogP contribution in [0.25, 0.3) is 38.6 Å². The van der Waals surface area contributed by atoms with E-state index >= 15 is 0 Å². The van der Waals surface area contributed by atoms with Crippen LogP contribution in [0, 0.1) is 0 Å². The second kappa shape index (κ2) is 9.93. The summed E-state index contributed by atoms with van der Waals surface area (Å²) in [6, 6.07) is 54.5. The fourth-order valence-electron chi connectivity index (χ4n) is 7.53. The maximum atomic E-state index is 5.38. The Morgan fingerprint density at radius 1 is 0.578 bits per heavy atom. The predicted octanol–water partition coefficient (Wildman–Crippen LogP) is 9.72. The molecule has 0 radical (unpaired) electrons. The third-order valence-corrected chi connectivity index (χ3v) is 9.72. The number of rotatable bonds is 4. The van der Waals surface area contributed by atoms with Crippen LogP contribution in [0.3, 0.4) is 0 Å². The molecule has 0 saturated heterocycles. The quantitative estimate of drug-likeness (QED) is 0.222. The fourth-order valence-corrected chi connectivity index (χ4v) is 7.53. The van der Waals surface area contributed by atoms with E-state index in [-0.39, 0.29) is 11.6 Å². The Bertz CT molecular complexity index is 2240. The first-order valence-corrected chi connectivity index (χ1v) is 15.6. The molecule has 1 aliphatic heterocycles. The van der Waals surface area contributed by atoms with Crippen molar-refractivity contribution in [2.24, 2.45) is 4.99 Å². The maximum Gasteiger partial charge on any atom is 0.149 e. The molecule has 1 aromatic heterocycles. The molecule has 9 rings (SSSR count). The van der Waals surface area contributed by atoms with Crippen molar-refractivity contribution in [3.63, 3.8) is 0 Å². The largest absolute Gasteiger partial charge is 0.340 e. The van der Waals surface area contributed by atoms with Crippen molar-refractivity contribution in [1.82, 2.24) is 9.88 Å². The Morgan fingerprint density at radius 3 is 2.00 bits per heavy atom. The fraction of sp³-hybridized carbons (Fsp3) is 0.0714. The van der Waals surface area contributed by atoms with E-state index in [4.69, 9.17) is 4.99 Å². The highest BCUT2D eigenvalue weighted by atomic mass is 15.2. The summed E-state index contributed by atoms with van der Waals surface area (Å²) in [5, 5.41) is 6.15. The van der Waals surface area contributed by atoms with E-state index < -0.39 is 0 Å². The molecular weight excluding hydrogens is 546 g/mol. The van der Waals surface area contributed by atoms with Gasteiger partial charge in [0.25, 0.3) is 0 Å². The predicted molar refractivity (Wildman–Crippen MR) is 186 cm³/mol. The van der Waals surface area contributed by atoms with Crippen molar-refractivity contribution in [3.05, 3.63) is 186 Å². The first-order valence-electron chi connectivity index (χ1n) is 15.6. The number of hydrogen-bond donors (Lipinski definition) is 1. The summed E-state index contributed by atoms with van der Waals surface area (Å²) in [7, 11) is 0. The number of benzene rings is 6. The number of hydrogen-bond acceptors (Lipinski definition) is 2. The SMILES string of the molecule is CC1(c2ccccc2)c2ccccc2-c2cc3c(cc21)c1ccccc1n3C1C=C(c2ccccc2)NC(c2ccccc2)=N1. The summed E-state index contributed by atoms with van der Waals surface area (Å²) < 4.78 is 2.43. The molecule has 2 atom stereocenters. The van der Waals surface area contributed by atoms with Gasteiger partial charge in [0.1, 0.15) is 12.0 Å².